The van der Waals surface area contributed by atoms with Crippen LogP contribution in [0.5, 0.6) is 0 Å². The van der Waals surface area contributed by atoms with Gasteiger partial charge in [-0.2, -0.15) is 0 Å². The molecule has 2 saturated heterocycles. The van der Waals surface area contributed by atoms with Crippen LogP contribution < -0.4 is 0 Å². The molecule has 1 aromatic heterocycles. The second kappa shape index (κ2) is 5.69. The number of hydrogen-bond donors (Lipinski definition) is 0. The molecule has 1 amide bonds. The van der Waals surface area contributed by atoms with Crippen molar-refractivity contribution in [2.75, 3.05) is 40.4 Å². The highest BCUT2D eigenvalue weighted by molar-refractivity contribution is 5.92. The Kier molecular flexibility index (Phi) is 3.91. The average Bonchev–Trinajstić information content (AvgIpc) is 2.47. The van der Waals surface area contributed by atoms with Crippen LogP contribution in [0.15, 0.2) is 18.6 Å². The third kappa shape index (κ3) is 2.65. The maximum absolute atomic E-state index is 12.3. The molecule has 0 radical (unpaired) electrons. The van der Waals surface area contributed by atoms with E-state index in [9.17, 15) is 4.79 Å². The molecule has 0 saturated carbocycles. The number of piperidine rings is 1. The van der Waals surface area contributed by atoms with Crippen LogP contribution in [-0.2, 0) is 4.74 Å². The van der Waals surface area contributed by atoms with Gasteiger partial charge in [-0.05, 0) is 32.4 Å². The van der Waals surface area contributed by atoms with Crippen LogP contribution in [0.3, 0.4) is 0 Å². The van der Waals surface area contributed by atoms with E-state index in [1.165, 1.54) is 12.6 Å². The Bertz CT molecular complexity index is 502. The topological polar surface area (TPSA) is 58.6 Å². The molecule has 21 heavy (non-hydrogen) atoms. The van der Waals surface area contributed by atoms with E-state index in [4.69, 9.17) is 4.74 Å². The number of amides is 1. The van der Waals surface area contributed by atoms with Crippen molar-refractivity contribution in [2.24, 2.45) is 5.92 Å². The molecule has 1 atom stereocenters. The van der Waals surface area contributed by atoms with Crippen LogP contribution in [0, 0.1) is 5.92 Å². The van der Waals surface area contributed by atoms with E-state index in [-0.39, 0.29) is 11.4 Å². The fraction of sp³-hybridized carbons (Fsp3) is 0.667. The van der Waals surface area contributed by atoms with Crippen molar-refractivity contribution in [1.82, 2.24) is 19.8 Å². The number of methoxy groups -OCH3 is 1. The lowest BCUT2D eigenvalue weighted by Crippen LogP contribution is -2.72. The number of carbonyl (C=O) groups excluding carboxylic acids is 1. The standard InChI is InChI=1S/C15H22N4O2/c1-18-6-3-12(9-21-2)7-15(18)10-19(11-15)14(20)13-8-16-4-5-17-13/h4-5,8,12H,3,6-7,9-11H2,1-2H3/t12-/m1/s1. The zero-order valence-electron chi connectivity index (χ0n) is 12.7. The quantitative estimate of drug-likeness (QED) is 0.818. The summed E-state index contributed by atoms with van der Waals surface area (Å²) < 4.78 is 5.30. The summed E-state index contributed by atoms with van der Waals surface area (Å²) in [6.07, 6.45) is 6.94. The molecule has 6 nitrogen and oxygen atoms in total. The molecule has 0 unspecified atom stereocenters. The number of nitrogens with zero attached hydrogens (tertiary/aromatic N) is 4. The smallest absolute Gasteiger partial charge is 0.274 e. The minimum atomic E-state index is -0.0176. The summed E-state index contributed by atoms with van der Waals surface area (Å²) in [6, 6.07) is 0. The number of ether oxygens (including phenoxy) is 1. The van der Waals surface area contributed by atoms with E-state index in [1.807, 2.05) is 4.90 Å². The normalized spacial score (nSPS) is 24.9. The van der Waals surface area contributed by atoms with Gasteiger partial charge in [0.2, 0.25) is 0 Å². The van der Waals surface area contributed by atoms with Crippen LogP contribution in [-0.4, -0.2) is 71.6 Å². The largest absolute Gasteiger partial charge is 0.384 e. The molecule has 2 aliphatic rings. The summed E-state index contributed by atoms with van der Waals surface area (Å²) in [7, 11) is 3.92. The van der Waals surface area contributed by atoms with Gasteiger partial charge in [-0.25, -0.2) is 4.98 Å². The van der Waals surface area contributed by atoms with Crippen molar-refractivity contribution in [3.63, 3.8) is 0 Å². The minimum absolute atomic E-state index is 0.0176. The van der Waals surface area contributed by atoms with Crippen LogP contribution >= 0.6 is 0 Å². The van der Waals surface area contributed by atoms with E-state index in [2.05, 4.69) is 21.9 Å². The maximum Gasteiger partial charge on any atom is 0.274 e. The third-order valence-electron chi connectivity index (χ3n) is 4.79. The highest BCUT2D eigenvalue weighted by Gasteiger charge is 2.51. The Morgan fingerprint density at radius 2 is 2.29 bits per heavy atom. The maximum atomic E-state index is 12.3. The molecule has 0 bridgehead atoms. The first-order chi connectivity index (χ1) is 10.1. The SMILES string of the molecule is COC[C@@H]1CCN(C)C2(C1)CN(C(=O)c1cnccn1)C2. The zero-order chi connectivity index (χ0) is 14.9. The molecule has 6 heteroatoms. The fourth-order valence-electron chi connectivity index (χ4n) is 3.54. The predicted molar refractivity (Wildman–Crippen MR) is 77.9 cm³/mol. The predicted octanol–water partition coefficient (Wildman–Crippen LogP) is 0.659. The van der Waals surface area contributed by atoms with E-state index < -0.39 is 0 Å². The monoisotopic (exact) mass is 290 g/mol. The summed E-state index contributed by atoms with van der Waals surface area (Å²) in [5.41, 5.74) is 0.554. The van der Waals surface area contributed by atoms with Gasteiger partial charge in [-0.3, -0.25) is 14.7 Å². The van der Waals surface area contributed by atoms with Crippen molar-refractivity contribution in [1.29, 1.82) is 0 Å². The lowest BCUT2D eigenvalue weighted by atomic mass is 9.75. The second-order valence-corrected chi connectivity index (χ2v) is 6.21. The number of hydrogen-bond acceptors (Lipinski definition) is 5. The Morgan fingerprint density at radius 1 is 1.48 bits per heavy atom. The molecule has 1 spiro atoms. The van der Waals surface area contributed by atoms with E-state index >= 15 is 0 Å². The summed E-state index contributed by atoms with van der Waals surface area (Å²) in [6.45, 7) is 3.44. The molecular formula is C15H22N4O2. The highest BCUT2D eigenvalue weighted by atomic mass is 16.5. The van der Waals surface area contributed by atoms with Crippen molar-refractivity contribution < 1.29 is 9.53 Å². The molecule has 3 heterocycles. The number of carbonyl (C=O) groups is 1. The first-order valence-corrected chi connectivity index (χ1v) is 7.40. The van der Waals surface area contributed by atoms with Crippen LogP contribution in [0.2, 0.25) is 0 Å². The molecule has 114 valence electrons. The van der Waals surface area contributed by atoms with Crippen molar-refractivity contribution in [3.8, 4) is 0 Å². The molecule has 1 aromatic rings. The number of likely N-dealkylation sites (N-methyl/N-ethyl adjacent to an activating group) is 1. The molecule has 0 aromatic carbocycles. The van der Waals surface area contributed by atoms with E-state index in [0.717, 1.165) is 32.7 Å². The molecule has 2 aliphatic heterocycles. The molecular weight excluding hydrogens is 268 g/mol. The third-order valence-corrected chi connectivity index (χ3v) is 4.79. The van der Waals surface area contributed by atoms with Crippen molar-refractivity contribution in [2.45, 2.75) is 18.4 Å². The average molecular weight is 290 g/mol. The molecule has 0 N–H and O–H groups in total. The summed E-state index contributed by atoms with van der Waals surface area (Å²) in [5, 5.41) is 0. The minimum Gasteiger partial charge on any atom is -0.384 e. The van der Waals surface area contributed by atoms with Gasteiger partial charge in [0.25, 0.3) is 5.91 Å². The number of aromatic nitrogens is 2. The summed E-state index contributed by atoms with van der Waals surface area (Å²) in [5.74, 6) is 0.580. The highest BCUT2D eigenvalue weighted by Crippen LogP contribution is 2.38. The van der Waals surface area contributed by atoms with Gasteiger partial charge in [0.1, 0.15) is 5.69 Å². The Labute approximate surface area is 125 Å². The first-order valence-electron chi connectivity index (χ1n) is 7.40. The van der Waals surface area contributed by atoms with Crippen LogP contribution in [0.25, 0.3) is 0 Å². The van der Waals surface area contributed by atoms with Gasteiger partial charge < -0.3 is 9.64 Å². The Morgan fingerprint density at radius 3 is 2.95 bits per heavy atom. The lowest BCUT2D eigenvalue weighted by molar-refractivity contribution is -0.0732. The Hall–Kier alpha value is -1.53. The van der Waals surface area contributed by atoms with Gasteiger partial charge in [0, 0.05) is 39.2 Å². The lowest BCUT2D eigenvalue weighted by Gasteiger charge is -2.58. The van der Waals surface area contributed by atoms with Gasteiger partial charge in [0.15, 0.2) is 0 Å². The first kappa shape index (κ1) is 14.4. The van der Waals surface area contributed by atoms with Gasteiger partial charge in [-0.15, -0.1) is 0 Å². The second-order valence-electron chi connectivity index (χ2n) is 6.21. The van der Waals surface area contributed by atoms with Crippen LogP contribution in [0.1, 0.15) is 23.3 Å². The number of rotatable bonds is 3. The molecule has 2 fully saturated rings. The zero-order valence-corrected chi connectivity index (χ0v) is 12.7. The molecule has 3 rings (SSSR count). The van der Waals surface area contributed by atoms with E-state index in [0.29, 0.717) is 11.6 Å². The van der Waals surface area contributed by atoms with Gasteiger partial charge in [-0.1, -0.05) is 0 Å². The fourth-order valence-corrected chi connectivity index (χ4v) is 3.54. The molecule has 0 aliphatic carbocycles. The van der Waals surface area contributed by atoms with Gasteiger partial charge >= 0.3 is 0 Å². The Balaban J connectivity index is 1.64. The summed E-state index contributed by atoms with van der Waals surface area (Å²) >= 11 is 0. The number of likely N-dealkylation sites (tertiary alicyclic amines) is 2. The van der Waals surface area contributed by atoms with E-state index in [1.54, 1.807) is 19.5 Å². The van der Waals surface area contributed by atoms with Gasteiger partial charge in [0.05, 0.1) is 11.7 Å². The van der Waals surface area contributed by atoms with Crippen molar-refractivity contribution >= 4 is 5.91 Å². The van der Waals surface area contributed by atoms with Crippen LogP contribution in [0.4, 0.5) is 0 Å². The van der Waals surface area contributed by atoms with Crippen molar-refractivity contribution in [3.05, 3.63) is 24.3 Å². The summed E-state index contributed by atoms with van der Waals surface area (Å²) in [4.78, 5) is 24.7.